The zero-order valence-corrected chi connectivity index (χ0v) is 18.7. The Morgan fingerprint density at radius 3 is 2.70 bits per heavy atom. The maximum atomic E-state index is 12.4. The SMILES string of the molecule is NC(=O)c1cc(-c2cccs2)cc2cnn(C3CCN(S(=O)(=O)CCCCl)CC3)c12. The molecule has 3 heterocycles. The smallest absolute Gasteiger partial charge is 0.250 e. The van der Waals surface area contributed by atoms with E-state index >= 15 is 0 Å². The summed E-state index contributed by atoms with van der Waals surface area (Å²) in [7, 11) is -3.29. The lowest BCUT2D eigenvalue weighted by molar-refractivity contribution is 0.100. The monoisotopic (exact) mass is 466 g/mol. The van der Waals surface area contributed by atoms with Crippen LogP contribution in [0, 0.1) is 0 Å². The topological polar surface area (TPSA) is 98.3 Å². The van der Waals surface area contributed by atoms with Gasteiger partial charge in [0.2, 0.25) is 10.0 Å². The van der Waals surface area contributed by atoms with Crippen molar-refractivity contribution in [3.05, 3.63) is 41.4 Å². The largest absolute Gasteiger partial charge is 0.366 e. The maximum absolute atomic E-state index is 12.4. The van der Waals surface area contributed by atoms with Crippen LogP contribution in [0.15, 0.2) is 35.8 Å². The summed E-state index contributed by atoms with van der Waals surface area (Å²) < 4.78 is 28.2. The van der Waals surface area contributed by atoms with Crippen LogP contribution in [-0.4, -0.2) is 53.1 Å². The van der Waals surface area contributed by atoms with Gasteiger partial charge in [-0.15, -0.1) is 22.9 Å². The van der Waals surface area contributed by atoms with Gasteiger partial charge in [0.05, 0.1) is 29.1 Å². The fourth-order valence-corrected chi connectivity index (χ4v) is 6.52. The number of nitrogens with two attached hydrogens (primary N) is 1. The molecule has 2 aromatic heterocycles. The van der Waals surface area contributed by atoms with Crippen molar-refractivity contribution in [3.63, 3.8) is 0 Å². The number of carbonyl (C=O) groups is 1. The van der Waals surface area contributed by atoms with Crippen molar-refractivity contribution in [3.8, 4) is 10.4 Å². The molecule has 1 aliphatic rings. The maximum Gasteiger partial charge on any atom is 0.250 e. The number of carbonyl (C=O) groups excluding carboxylic acids is 1. The minimum Gasteiger partial charge on any atom is -0.366 e. The van der Waals surface area contributed by atoms with Crippen molar-refractivity contribution in [1.29, 1.82) is 0 Å². The zero-order valence-electron chi connectivity index (χ0n) is 16.3. The summed E-state index contributed by atoms with van der Waals surface area (Å²) in [6.45, 7) is 0.853. The molecule has 1 aliphatic heterocycles. The Kier molecular flexibility index (Phi) is 6.15. The highest BCUT2D eigenvalue weighted by atomic mass is 35.5. The Morgan fingerprint density at radius 2 is 2.07 bits per heavy atom. The predicted molar refractivity (Wildman–Crippen MR) is 121 cm³/mol. The molecule has 0 radical (unpaired) electrons. The molecule has 4 rings (SSSR count). The number of fused-ring (bicyclic) bond motifs is 1. The number of amides is 1. The van der Waals surface area contributed by atoms with Crippen LogP contribution < -0.4 is 5.73 Å². The molecule has 160 valence electrons. The Balaban J connectivity index is 1.62. The molecule has 1 aromatic carbocycles. The van der Waals surface area contributed by atoms with E-state index < -0.39 is 15.9 Å². The summed E-state index contributed by atoms with van der Waals surface area (Å²) in [5.41, 5.74) is 7.80. The zero-order chi connectivity index (χ0) is 21.3. The van der Waals surface area contributed by atoms with Crippen molar-refractivity contribution < 1.29 is 13.2 Å². The molecule has 1 fully saturated rings. The summed E-state index contributed by atoms with van der Waals surface area (Å²) in [6, 6.07) is 7.81. The minimum atomic E-state index is -3.29. The second kappa shape index (κ2) is 8.66. The number of alkyl halides is 1. The number of hydrogen-bond donors (Lipinski definition) is 1. The van der Waals surface area contributed by atoms with E-state index in [1.165, 1.54) is 4.31 Å². The van der Waals surface area contributed by atoms with Crippen LogP contribution in [0.2, 0.25) is 0 Å². The van der Waals surface area contributed by atoms with E-state index in [9.17, 15) is 13.2 Å². The van der Waals surface area contributed by atoms with Crippen LogP contribution in [0.1, 0.15) is 35.7 Å². The molecule has 0 saturated carbocycles. The van der Waals surface area contributed by atoms with Gasteiger partial charge in [-0.25, -0.2) is 12.7 Å². The van der Waals surface area contributed by atoms with Gasteiger partial charge in [0.15, 0.2) is 0 Å². The van der Waals surface area contributed by atoms with Crippen LogP contribution in [0.5, 0.6) is 0 Å². The third kappa shape index (κ3) is 4.12. The molecule has 3 aromatic rings. The number of halogens is 1. The Morgan fingerprint density at radius 1 is 1.30 bits per heavy atom. The van der Waals surface area contributed by atoms with Crippen molar-refractivity contribution in [2.45, 2.75) is 25.3 Å². The van der Waals surface area contributed by atoms with Gasteiger partial charge in [-0.1, -0.05) is 6.07 Å². The first-order valence-corrected chi connectivity index (χ1v) is 12.8. The predicted octanol–water partition coefficient (Wildman–Crippen LogP) is 3.46. The average molecular weight is 467 g/mol. The molecular weight excluding hydrogens is 444 g/mol. The number of hydrogen-bond acceptors (Lipinski definition) is 5. The van der Waals surface area contributed by atoms with Crippen molar-refractivity contribution in [1.82, 2.24) is 14.1 Å². The molecule has 0 aliphatic carbocycles. The second-order valence-corrected chi connectivity index (χ2v) is 10.8. The fraction of sp³-hybridized carbons (Fsp3) is 0.400. The van der Waals surface area contributed by atoms with Crippen LogP contribution in [-0.2, 0) is 10.0 Å². The van der Waals surface area contributed by atoms with Gasteiger partial charge in [0, 0.05) is 29.2 Å². The average Bonchev–Trinajstić information content (AvgIpc) is 3.41. The molecule has 10 heteroatoms. The van der Waals surface area contributed by atoms with E-state index in [0.717, 1.165) is 15.8 Å². The quantitative estimate of drug-likeness (QED) is 0.539. The highest BCUT2D eigenvalue weighted by Gasteiger charge is 2.30. The van der Waals surface area contributed by atoms with Gasteiger partial charge >= 0.3 is 0 Å². The number of primary amides is 1. The molecular formula is C20H23ClN4O3S2. The summed E-state index contributed by atoms with van der Waals surface area (Å²) in [4.78, 5) is 13.3. The highest BCUT2D eigenvalue weighted by Crippen LogP contribution is 2.33. The van der Waals surface area contributed by atoms with Gasteiger partial charge in [-0.2, -0.15) is 5.10 Å². The lowest BCUT2D eigenvalue weighted by atomic mass is 10.0. The normalized spacial score (nSPS) is 16.3. The van der Waals surface area contributed by atoms with Crippen LogP contribution in [0.3, 0.4) is 0 Å². The number of thiophene rings is 1. The molecule has 0 spiro atoms. The molecule has 0 atom stereocenters. The fourth-order valence-electron chi connectivity index (χ4n) is 3.97. The van der Waals surface area contributed by atoms with Crippen LogP contribution in [0.25, 0.3) is 21.3 Å². The van der Waals surface area contributed by atoms with E-state index in [-0.39, 0.29) is 11.8 Å². The van der Waals surface area contributed by atoms with Gasteiger partial charge in [0.25, 0.3) is 5.91 Å². The molecule has 0 bridgehead atoms. The summed E-state index contributed by atoms with van der Waals surface area (Å²) in [5.74, 6) is -0.0946. The van der Waals surface area contributed by atoms with E-state index in [1.54, 1.807) is 17.5 Å². The highest BCUT2D eigenvalue weighted by molar-refractivity contribution is 7.89. The van der Waals surface area contributed by atoms with Crippen molar-refractivity contribution >= 4 is 49.8 Å². The first-order valence-electron chi connectivity index (χ1n) is 9.79. The number of rotatable bonds is 7. The summed E-state index contributed by atoms with van der Waals surface area (Å²) >= 11 is 7.24. The van der Waals surface area contributed by atoms with Crippen LogP contribution in [0.4, 0.5) is 0 Å². The lowest BCUT2D eigenvalue weighted by Gasteiger charge is -2.31. The Bertz CT molecular complexity index is 1150. The number of piperidine rings is 1. The first-order chi connectivity index (χ1) is 14.4. The second-order valence-electron chi connectivity index (χ2n) is 7.38. The molecule has 30 heavy (non-hydrogen) atoms. The van der Waals surface area contributed by atoms with E-state index in [0.29, 0.717) is 49.3 Å². The Labute approximate surface area is 184 Å². The van der Waals surface area contributed by atoms with Gasteiger partial charge < -0.3 is 5.73 Å². The lowest BCUT2D eigenvalue weighted by Crippen LogP contribution is -2.40. The number of aromatic nitrogens is 2. The van der Waals surface area contributed by atoms with Gasteiger partial charge in [-0.3, -0.25) is 9.48 Å². The molecule has 0 unspecified atom stereocenters. The van der Waals surface area contributed by atoms with E-state index in [2.05, 4.69) is 5.10 Å². The molecule has 7 nitrogen and oxygen atoms in total. The standard InChI is InChI=1S/C20H23ClN4O3S2/c21-6-2-10-30(27,28)24-7-4-16(5-8-24)25-19-15(13-23-25)11-14(12-17(19)20(22)26)18-3-1-9-29-18/h1,3,9,11-13,16H,2,4-8,10H2,(H2,22,26). The van der Waals surface area contributed by atoms with E-state index in [1.807, 2.05) is 34.3 Å². The van der Waals surface area contributed by atoms with Gasteiger partial charge in [-0.05, 0) is 48.4 Å². The first kappa shape index (κ1) is 21.3. The van der Waals surface area contributed by atoms with E-state index in [4.69, 9.17) is 17.3 Å². The Hall–Kier alpha value is -1.94. The molecule has 1 saturated heterocycles. The molecule has 1 amide bonds. The van der Waals surface area contributed by atoms with Crippen molar-refractivity contribution in [2.24, 2.45) is 5.73 Å². The minimum absolute atomic E-state index is 0.00710. The third-order valence-electron chi connectivity index (χ3n) is 5.46. The number of sulfonamides is 1. The summed E-state index contributed by atoms with van der Waals surface area (Å²) in [6.07, 6.45) is 3.45. The van der Waals surface area contributed by atoms with Gasteiger partial charge in [0.1, 0.15) is 0 Å². The number of benzene rings is 1. The van der Waals surface area contributed by atoms with Crippen molar-refractivity contribution in [2.75, 3.05) is 24.7 Å². The molecule has 2 N–H and O–H groups in total. The van der Waals surface area contributed by atoms with Crippen LogP contribution >= 0.6 is 22.9 Å². The summed E-state index contributed by atoms with van der Waals surface area (Å²) in [5, 5.41) is 7.39. The number of nitrogens with zero attached hydrogens (tertiary/aromatic N) is 3. The third-order valence-corrected chi connectivity index (χ3v) is 8.60.